The summed E-state index contributed by atoms with van der Waals surface area (Å²) < 4.78 is 19.6. The highest BCUT2D eigenvalue weighted by molar-refractivity contribution is 6.65. The highest BCUT2D eigenvalue weighted by atomic mass is 16.7. The Hall–Kier alpha value is -1.86. The number of imidazole rings is 1. The molecule has 0 unspecified atom stereocenters. The molecule has 6 nitrogen and oxygen atoms in total. The van der Waals surface area contributed by atoms with Crippen LogP contribution in [-0.2, 0) is 20.6 Å². The monoisotopic (exact) mass is 344 g/mol. The van der Waals surface area contributed by atoms with Crippen molar-refractivity contribution in [2.45, 2.75) is 59.3 Å². The number of benzene rings is 1. The van der Waals surface area contributed by atoms with Crippen molar-refractivity contribution in [3.8, 4) is 0 Å². The van der Waals surface area contributed by atoms with E-state index in [1.165, 1.54) is 0 Å². The van der Waals surface area contributed by atoms with Crippen molar-refractivity contribution in [2.24, 2.45) is 0 Å². The van der Waals surface area contributed by atoms with Crippen LogP contribution in [0.2, 0.25) is 0 Å². The van der Waals surface area contributed by atoms with Crippen LogP contribution in [-0.4, -0.2) is 40.4 Å². The summed E-state index contributed by atoms with van der Waals surface area (Å²) in [5.41, 5.74) is 2.01. The van der Waals surface area contributed by atoms with Crippen molar-refractivity contribution in [3.63, 3.8) is 0 Å². The van der Waals surface area contributed by atoms with Gasteiger partial charge in [0.2, 0.25) is 0 Å². The maximum absolute atomic E-state index is 12.2. The molecule has 1 saturated heterocycles. The summed E-state index contributed by atoms with van der Waals surface area (Å²) in [6.07, 6.45) is 1.77. The lowest BCUT2D eigenvalue weighted by molar-refractivity contribution is 0.00578. The number of ether oxygens (including phenoxy) is 1. The molecule has 0 saturated carbocycles. The van der Waals surface area contributed by atoms with Gasteiger partial charge in [-0.3, -0.25) is 0 Å². The largest absolute Gasteiger partial charge is 0.497 e. The quantitative estimate of drug-likeness (QED) is 0.630. The number of esters is 1. The fraction of sp³-hybridized carbons (Fsp3) is 0.556. The number of nitrogens with zero attached hydrogens (tertiary/aromatic N) is 2. The minimum atomic E-state index is -0.566. The summed E-state index contributed by atoms with van der Waals surface area (Å²) >= 11 is 0. The second-order valence-corrected chi connectivity index (χ2v) is 7.27. The molecular weight excluding hydrogens is 319 g/mol. The molecule has 0 atom stereocenters. The van der Waals surface area contributed by atoms with E-state index in [4.69, 9.17) is 14.0 Å². The highest BCUT2D eigenvalue weighted by Crippen LogP contribution is 2.37. The minimum absolute atomic E-state index is 0.325. The molecular formula is C18H25BN2O4. The number of carbonyl (C=O) groups is 1. The first-order valence-electron chi connectivity index (χ1n) is 8.71. The van der Waals surface area contributed by atoms with Gasteiger partial charge in [-0.2, -0.15) is 0 Å². The van der Waals surface area contributed by atoms with Gasteiger partial charge in [-0.1, -0.05) is 0 Å². The van der Waals surface area contributed by atoms with Crippen molar-refractivity contribution in [2.75, 3.05) is 6.61 Å². The first-order chi connectivity index (χ1) is 11.7. The number of fused-ring (bicyclic) bond motifs is 1. The average molecular weight is 344 g/mol. The molecule has 1 aromatic carbocycles. The molecule has 1 aromatic heterocycles. The lowest BCUT2D eigenvalue weighted by Gasteiger charge is -2.32. The molecule has 134 valence electrons. The van der Waals surface area contributed by atoms with E-state index in [0.29, 0.717) is 12.2 Å². The Morgan fingerprint density at radius 3 is 2.40 bits per heavy atom. The number of hydrogen-bond donors (Lipinski definition) is 0. The fourth-order valence-corrected chi connectivity index (χ4v) is 2.96. The Balaban J connectivity index is 2.15. The minimum Gasteiger partial charge on any atom is -0.462 e. The SMILES string of the molecule is CCOC(=O)c1cc(B2OC(C)(C)C(C)(C)O2)c2c(c1)ncn2CC. The average Bonchev–Trinajstić information content (AvgIpc) is 3.04. The summed E-state index contributed by atoms with van der Waals surface area (Å²) in [4.78, 5) is 16.7. The maximum atomic E-state index is 12.2. The van der Waals surface area contributed by atoms with Crippen molar-refractivity contribution in [1.29, 1.82) is 0 Å². The standard InChI is InChI=1S/C18H25BN2O4/c1-7-21-11-20-14-10-12(16(22)23-8-2)9-13(15(14)21)19-24-17(3,4)18(5,6)25-19/h9-11H,7-8H2,1-6H3. The van der Waals surface area contributed by atoms with Crippen LogP contribution < -0.4 is 5.46 Å². The molecule has 3 rings (SSSR count). The highest BCUT2D eigenvalue weighted by Gasteiger charge is 2.52. The Kier molecular flexibility index (Phi) is 4.41. The molecule has 25 heavy (non-hydrogen) atoms. The first-order valence-corrected chi connectivity index (χ1v) is 8.71. The summed E-state index contributed by atoms with van der Waals surface area (Å²) in [6, 6.07) is 3.56. The maximum Gasteiger partial charge on any atom is 0.497 e. The van der Waals surface area contributed by atoms with E-state index in [2.05, 4.69) is 4.98 Å². The van der Waals surface area contributed by atoms with E-state index in [0.717, 1.165) is 23.0 Å². The second-order valence-electron chi connectivity index (χ2n) is 7.27. The van der Waals surface area contributed by atoms with Crippen LogP contribution in [0.1, 0.15) is 51.9 Å². The van der Waals surface area contributed by atoms with E-state index in [1.807, 2.05) is 39.2 Å². The number of rotatable bonds is 4. The van der Waals surface area contributed by atoms with Crippen molar-refractivity contribution < 1.29 is 18.8 Å². The van der Waals surface area contributed by atoms with Gasteiger partial charge in [-0.15, -0.1) is 0 Å². The van der Waals surface area contributed by atoms with Crippen LogP contribution in [0.15, 0.2) is 18.5 Å². The molecule has 0 radical (unpaired) electrons. The van der Waals surface area contributed by atoms with Gasteiger partial charge in [0.15, 0.2) is 0 Å². The van der Waals surface area contributed by atoms with E-state index in [9.17, 15) is 4.79 Å². The number of aromatic nitrogens is 2. The van der Waals surface area contributed by atoms with E-state index < -0.39 is 18.3 Å². The predicted octanol–water partition coefficient (Wildman–Crippen LogP) is 2.53. The van der Waals surface area contributed by atoms with E-state index in [1.54, 1.807) is 25.4 Å². The number of aryl methyl sites for hydroxylation is 1. The summed E-state index contributed by atoms with van der Waals surface area (Å²) in [6.45, 7) is 13.0. The van der Waals surface area contributed by atoms with Gasteiger partial charge >= 0.3 is 13.1 Å². The number of hydrogen-bond acceptors (Lipinski definition) is 5. The van der Waals surface area contributed by atoms with Crippen LogP contribution in [0.3, 0.4) is 0 Å². The van der Waals surface area contributed by atoms with Gasteiger partial charge in [0.1, 0.15) is 0 Å². The lowest BCUT2D eigenvalue weighted by Crippen LogP contribution is -2.41. The molecule has 2 heterocycles. The van der Waals surface area contributed by atoms with Gasteiger partial charge in [-0.05, 0) is 53.7 Å². The molecule has 1 aliphatic rings. The molecule has 7 heteroatoms. The topological polar surface area (TPSA) is 62.6 Å². The van der Waals surface area contributed by atoms with E-state index >= 15 is 0 Å². The van der Waals surface area contributed by atoms with Crippen molar-refractivity contribution >= 4 is 29.6 Å². The second kappa shape index (κ2) is 6.14. The zero-order valence-electron chi connectivity index (χ0n) is 15.8. The van der Waals surface area contributed by atoms with Gasteiger partial charge in [0.25, 0.3) is 0 Å². The van der Waals surface area contributed by atoms with Gasteiger partial charge in [-0.25, -0.2) is 9.78 Å². The molecule has 0 amide bonds. The van der Waals surface area contributed by atoms with E-state index in [-0.39, 0.29) is 5.97 Å². The van der Waals surface area contributed by atoms with Crippen LogP contribution in [0.4, 0.5) is 0 Å². The Morgan fingerprint density at radius 1 is 1.20 bits per heavy atom. The van der Waals surface area contributed by atoms with Crippen molar-refractivity contribution in [1.82, 2.24) is 9.55 Å². The third-order valence-corrected chi connectivity index (χ3v) is 5.10. The summed E-state index contributed by atoms with van der Waals surface area (Å²) in [7, 11) is -0.566. The Morgan fingerprint density at radius 2 is 1.84 bits per heavy atom. The predicted molar refractivity (Wildman–Crippen MR) is 97.1 cm³/mol. The fourth-order valence-electron chi connectivity index (χ4n) is 2.96. The normalized spacial score (nSPS) is 18.7. The smallest absolute Gasteiger partial charge is 0.462 e. The Labute approximate surface area is 148 Å². The van der Waals surface area contributed by atoms with Gasteiger partial charge < -0.3 is 18.6 Å². The van der Waals surface area contributed by atoms with Crippen molar-refractivity contribution in [3.05, 3.63) is 24.0 Å². The van der Waals surface area contributed by atoms with Crippen LogP contribution in [0, 0.1) is 0 Å². The van der Waals surface area contributed by atoms with Crippen LogP contribution >= 0.6 is 0 Å². The Bertz CT molecular complexity index is 797. The molecule has 0 N–H and O–H groups in total. The zero-order chi connectivity index (χ0) is 18.4. The zero-order valence-corrected chi connectivity index (χ0v) is 15.8. The lowest BCUT2D eigenvalue weighted by atomic mass is 9.77. The van der Waals surface area contributed by atoms with Gasteiger partial charge in [0.05, 0.1) is 40.7 Å². The van der Waals surface area contributed by atoms with Crippen LogP contribution in [0.5, 0.6) is 0 Å². The summed E-state index contributed by atoms with van der Waals surface area (Å²) in [5, 5.41) is 0. The third-order valence-electron chi connectivity index (χ3n) is 5.10. The molecule has 0 bridgehead atoms. The molecule has 2 aromatic rings. The van der Waals surface area contributed by atoms with Crippen LogP contribution in [0.25, 0.3) is 11.0 Å². The molecule has 1 fully saturated rings. The molecule has 0 aliphatic carbocycles. The third kappa shape index (κ3) is 2.96. The summed E-state index contributed by atoms with van der Waals surface area (Å²) in [5.74, 6) is -0.367. The van der Waals surface area contributed by atoms with Gasteiger partial charge in [0, 0.05) is 12.0 Å². The number of carbonyl (C=O) groups excluding carboxylic acids is 1. The molecule has 1 aliphatic heterocycles. The molecule has 0 spiro atoms. The first kappa shape index (κ1) is 18.0.